The maximum Gasteiger partial charge on any atom is 0.150 e. The average molecular weight is 150 g/mol. The molecule has 0 unspecified atom stereocenters. The van der Waals surface area contributed by atoms with Crippen LogP contribution in [0.5, 0.6) is 0 Å². The number of terminal acetylenes is 1. The SMILES string of the molecule is C#CCNCc1cc(C)no1. The molecule has 0 saturated carbocycles. The van der Waals surface area contributed by atoms with Crippen LogP contribution >= 0.6 is 0 Å². The molecule has 58 valence electrons. The van der Waals surface area contributed by atoms with Crippen molar-refractivity contribution in [3.63, 3.8) is 0 Å². The Balaban J connectivity index is 2.34. The molecule has 0 aromatic carbocycles. The summed E-state index contributed by atoms with van der Waals surface area (Å²) in [6.07, 6.45) is 5.04. The van der Waals surface area contributed by atoms with Gasteiger partial charge in [-0.05, 0) is 6.92 Å². The molecule has 0 aliphatic rings. The Kier molecular flexibility index (Phi) is 2.70. The first-order valence-electron chi connectivity index (χ1n) is 3.39. The Morgan fingerprint density at radius 2 is 2.64 bits per heavy atom. The number of aromatic nitrogens is 1. The molecule has 0 aliphatic carbocycles. The predicted molar refractivity (Wildman–Crippen MR) is 41.8 cm³/mol. The van der Waals surface area contributed by atoms with Gasteiger partial charge >= 0.3 is 0 Å². The largest absolute Gasteiger partial charge is 0.360 e. The lowest BCUT2D eigenvalue weighted by Crippen LogP contribution is -2.12. The van der Waals surface area contributed by atoms with Crippen LogP contribution < -0.4 is 5.32 Å². The van der Waals surface area contributed by atoms with Crippen molar-refractivity contribution in [2.75, 3.05) is 6.54 Å². The van der Waals surface area contributed by atoms with Gasteiger partial charge in [-0.15, -0.1) is 6.42 Å². The van der Waals surface area contributed by atoms with E-state index in [4.69, 9.17) is 10.9 Å². The third-order valence-corrected chi connectivity index (χ3v) is 1.20. The summed E-state index contributed by atoms with van der Waals surface area (Å²) in [6, 6.07) is 1.88. The molecular weight excluding hydrogens is 140 g/mol. The van der Waals surface area contributed by atoms with Crippen molar-refractivity contribution in [1.29, 1.82) is 0 Å². The maximum atomic E-state index is 5.04. The molecule has 11 heavy (non-hydrogen) atoms. The summed E-state index contributed by atoms with van der Waals surface area (Å²) in [6.45, 7) is 3.08. The van der Waals surface area contributed by atoms with E-state index in [9.17, 15) is 0 Å². The molecule has 1 rings (SSSR count). The van der Waals surface area contributed by atoms with Crippen LogP contribution in [0, 0.1) is 19.3 Å². The van der Waals surface area contributed by atoms with Gasteiger partial charge in [-0.25, -0.2) is 0 Å². The lowest BCUT2D eigenvalue weighted by atomic mass is 10.4. The average Bonchev–Trinajstić information content (AvgIpc) is 2.37. The third-order valence-electron chi connectivity index (χ3n) is 1.20. The molecule has 0 fully saturated rings. The van der Waals surface area contributed by atoms with Gasteiger partial charge in [0.05, 0.1) is 18.8 Å². The minimum absolute atomic E-state index is 0.555. The quantitative estimate of drug-likeness (QED) is 0.509. The zero-order valence-corrected chi connectivity index (χ0v) is 6.42. The van der Waals surface area contributed by atoms with Gasteiger partial charge in [0, 0.05) is 6.07 Å². The highest BCUT2D eigenvalue weighted by molar-refractivity contribution is 5.02. The van der Waals surface area contributed by atoms with Crippen LogP contribution in [-0.2, 0) is 6.54 Å². The van der Waals surface area contributed by atoms with E-state index in [1.54, 1.807) is 0 Å². The topological polar surface area (TPSA) is 38.1 Å². The van der Waals surface area contributed by atoms with Gasteiger partial charge in [0.15, 0.2) is 5.76 Å². The van der Waals surface area contributed by atoms with Crippen LogP contribution in [0.25, 0.3) is 0 Å². The summed E-state index contributed by atoms with van der Waals surface area (Å²) in [5, 5.41) is 6.72. The van der Waals surface area contributed by atoms with Gasteiger partial charge in [0.2, 0.25) is 0 Å². The van der Waals surface area contributed by atoms with Crippen molar-refractivity contribution in [3.05, 3.63) is 17.5 Å². The Hall–Kier alpha value is -1.27. The molecule has 0 radical (unpaired) electrons. The van der Waals surface area contributed by atoms with Gasteiger partial charge in [-0.2, -0.15) is 0 Å². The van der Waals surface area contributed by atoms with Crippen LogP contribution in [0.15, 0.2) is 10.6 Å². The molecule has 0 saturated heterocycles. The Morgan fingerprint density at radius 3 is 3.18 bits per heavy atom. The van der Waals surface area contributed by atoms with Gasteiger partial charge in [-0.3, -0.25) is 5.32 Å². The molecule has 0 atom stereocenters. The second-order valence-electron chi connectivity index (χ2n) is 2.24. The van der Waals surface area contributed by atoms with Crippen LogP contribution in [0.1, 0.15) is 11.5 Å². The van der Waals surface area contributed by atoms with E-state index in [0.29, 0.717) is 13.1 Å². The molecule has 1 N–H and O–H groups in total. The van der Waals surface area contributed by atoms with Gasteiger partial charge in [-0.1, -0.05) is 11.1 Å². The molecule has 1 heterocycles. The van der Waals surface area contributed by atoms with Gasteiger partial charge < -0.3 is 4.52 Å². The molecule has 3 nitrogen and oxygen atoms in total. The predicted octanol–water partition coefficient (Wildman–Crippen LogP) is 0.706. The highest BCUT2D eigenvalue weighted by Gasteiger charge is 1.97. The number of rotatable bonds is 3. The van der Waals surface area contributed by atoms with Gasteiger partial charge in [0.25, 0.3) is 0 Å². The summed E-state index contributed by atoms with van der Waals surface area (Å²) in [5.74, 6) is 3.29. The minimum Gasteiger partial charge on any atom is -0.360 e. The number of aryl methyl sites for hydroxylation is 1. The first-order valence-corrected chi connectivity index (χ1v) is 3.39. The normalized spacial score (nSPS) is 9.45. The highest BCUT2D eigenvalue weighted by Crippen LogP contribution is 2.00. The molecule has 3 heteroatoms. The van der Waals surface area contributed by atoms with Gasteiger partial charge in [0.1, 0.15) is 0 Å². The van der Waals surface area contributed by atoms with Crippen molar-refractivity contribution in [2.24, 2.45) is 0 Å². The molecule has 0 bridgehead atoms. The van der Waals surface area contributed by atoms with E-state index in [2.05, 4.69) is 16.4 Å². The molecule has 0 amide bonds. The minimum atomic E-state index is 0.555. The zero-order chi connectivity index (χ0) is 8.10. The smallest absolute Gasteiger partial charge is 0.150 e. The highest BCUT2D eigenvalue weighted by atomic mass is 16.5. The van der Waals surface area contributed by atoms with Crippen LogP contribution in [0.2, 0.25) is 0 Å². The van der Waals surface area contributed by atoms with E-state index < -0.39 is 0 Å². The van der Waals surface area contributed by atoms with E-state index in [1.807, 2.05) is 13.0 Å². The third kappa shape index (κ3) is 2.44. The number of nitrogens with zero attached hydrogens (tertiary/aromatic N) is 1. The van der Waals surface area contributed by atoms with Crippen molar-refractivity contribution < 1.29 is 4.52 Å². The van der Waals surface area contributed by atoms with Crippen LogP contribution in [0.3, 0.4) is 0 Å². The molecule has 1 aromatic heterocycles. The van der Waals surface area contributed by atoms with Crippen LogP contribution in [0.4, 0.5) is 0 Å². The summed E-state index contributed by atoms with van der Waals surface area (Å²) in [7, 11) is 0. The summed E-state index contributed by atoms with van der Waals surface area (Å²) < 4.78 is 4.93. The molecule has 0 aliphatic heterocycles. The van der Waals surface area contributed by atoms with Crippen LogP contribution in [-0.4, -0.2) is 11.7 Å². The number of hydrogen-bond donors (Lipinski definition) is 1. The number of hydrogen-bond acceptors (Lipinski definition) is 3. The Labute approximate surface area is 65.8 Å². The summed E-state index contributed by atoms with van der Waals surface area (Å²) >= 11 is 0. The summed E-state index contributed by atoms with van der Waals surface area (Å²) in [4.78, 5) is 0. The molecule has 0 spiro atoms. The molecular formula is C8H10N2O. The standard InChI is InChI=1S/C8H10N2O/c1-3-4-9-6-8-5-7(2)10-11-8/h1,5,9H,4,6H2,2H3. The fraction of sp³-hybridized carbons (Fsp3) is 0.375. The second-order valence-corrected chi connectivity index (χ2v) is 2.24. The van der Waals surface area contributed by atoms with Crippen molar-refractivity contribution in [2.45, 2.75) is 13.5 Å². The Morgan fingerprint density at radius 1 is 1.82 bits per heavy atom. The zero-order valence-electron chi connectivity index (χ0n) is 6.42. The fourth-order valence-electron chi connectivity index (χ4n) is 0.757. The lowest BCUT2D eigenvalue weighted by Gasteiger charge is -1.92. The first kappa shape index (κ1) is 7.83. The van der Waals surface area contributed by atoms with Crippen molar-refractivity contribution in [3.8, 4) is 12.3 Å². The number of nitrogens with one attached hydrogen (secondary N) is 1. The molecule has 1 aromatic rings. The second kappa shape index (κ2) is 3.79. The fourth-order valence-corrected chi connectivity index (χ4v) is 0.757. The lowest BCUT2D eigenvalue weighted by molar-refractivity contribution is 0.372. The maximum absolute atomic E-state index is 5.04. The van der Waals surface area contributed by atoms with E-state index in [1.165, 1.54) is 0 Å². The Bertz CT molecular complexity index is 259. The van der Waals surface area contributed by atoms with Crippen molar-refractivity contribution in [1.82, 2.24) is 10.5 Å². The van der Waals surface area contributed by atoms with E-state index in [-0.39, 0.29) is 0 Å². The van der Waals surface area contributed by atoms with E-state index >= 15 is 0 Å². The summed E-state index contributed by atoms with van der Waals surface area (Å²) in [5.41, 5.74) is 0.891. The first-order chi connectivity index (χ1) is 5.33. The van der Waals surface area contributed by atoms with Crippen molar-refractivity contribution >= 4 is 0 Å². The monoisotopic (exact) mass is 150 g/mol. The van der Waals surface area contributed by atoms with E-state index in [0.717, 1.165) is 11.5 Å².